The summed E-state index contributed by atoms with van der Waals surface area (Å²) in [5.74, 6) is 0.226. The van der Waals surface area contributed by atoms with Crippen LogP contribution in [0.15, 0.2) is 42.5 Å². The highest BCUT2D eigenvalue weighted by molar-refractivity contribution is 6.35. The molecule has 0 bridgehead atoms. The van der Waals surface area contributed by atoms with E-state index in [4.69, 9.17) is 27.9 Å². The number of esters is 1. The van der Waals surface area contributed by atoms with E-state index in [9.17, 15) is 4.79 Å². The van der Waals surface area contributed by atoms with Crippen molar-refractivity contribution in [1.82, 2.24) is 0 Å². The first-order valence-corrected chi connectivity index (χ1v) is 7.11. The lowest BCUT2D eigenvalue weighted by Gasteiger charge is -2.08. The molecule has 0 aliphatic carbocycles. The number of carbonyl (C=O) groups excluding carboxylic acids is 1. The Hall–Kier alpha value is -1.71. The molecule has 2 rings (SSSR count). The molecule has 0 unspecified atom stereocenters. The van der Waals surface area contributed by atoms with Crippen molar-refractivity contribution in [1.29, 1.82) is 0 Å². The lowest BCUT2D eigenvalue weighted by Crippen LogP contribution is -2.04. The van der Waals surface area contributed by atoms with Crippen LogP contribution in [0.5, 0.6) is 5.75 Å². The molecule has 0 aliphatic heterocycles. The third-order valence-electron chi connectivity index (χ3n) is 2.91. The fraction of sp³-hybridized carbons (Fsp3) is 0.188. The van der Waals surface area contributed by atoms with E-state index in [1.165, 1.54) is 7.11 Å². The molecule has 0 aromatic heterocycles. The van der Waals surface area contributed by atoms with Crippen molar-refractivity contribution in [3.05, 3.63) is 63.6 Å². The zero-order valence-electron chi connectivity index (χ0n) is 11.4. The van der Waals surface area contributed by atoms with Crippen molar-refractivity contribution in [2.45, 2.75) is 6.42 Å². The van der Waals surface area contributed by atoms with Crippen molar-refractivity contribution in [3.63, 3.8) is 0 Å². The van der Waals surface area contributed by atoms with Crippen molar-refractivity contribution in [2.24, 2.45) is 0 Å². The Morgan fingerprint density at radius 3 is 2.67 bits per heavy atom. The second-order valence-electron chi connectivity index (χ2n) is 4.35. The Bertz CT molecular complexity index is 641. The largest absolute Gasteiger partial charge is 0.493 e. The molecule has 0 heterocycles. The van der Waals surface area contributed by atoms with Crippen LogP contribution in [0.4, 0.5) is 0 Å². The normalized spacial score (nSPS) is 10.2. The van der Waals surface area contributed by atoms with Gasteiger partial charge in [-0.05, 0) is 35.9 Å². The minimum atomic E-state index is -0.388. The van der Waals surface area contributed by atoms with Crippen LogP contribution in [0, 0.1) is 0 Å². The SMILES string of the molecule is COC(=O)c1cccc(OCCc2ccc(Cl)cc2Cl)c1. The predicted octanol–water partition coefficient (Wildman–Crippen LogP) is 4.40. The molecule has 5 heteroatoms. The molecule has 0 N–H and O–H groups in total. The number of ether oxygens (including phenoxy) is 2. The van der Waals surface area contributed by atoms with Crippen LogP contribution < -0.4 is 4.74 Å². The Labute approximate surface area is 133 Å². The molecule has 0 fully saturated rings. The summed E-state index contributed by atoms with van der Waals surface area (Å²) in [6.07, 6.45) is 0.651. The summed E-state index contributed by atoms with van der Waals surface area (Å²) in [6.45, 7) is 0.450. The van der Waals surface area contributed by atoms with Crippen LogP contribution in [0.1, 0.15) is 15.9 Å². The summed E-state index contributed by atoms with van der Waals surface area (Å²) in [4.78, 5) is 11.4. The van der Waals surface area contributed by atoms with Crippen LogP contribution in [0.3, 0.4) is 0 Å². The van der Waals surface area contributed by atoms with E-state index >= 15 is 0 Å². The van der Waals surface area contributed by atoms with Crippen LogP contribution in [0.2, 0.25) is 10.0 Å². The molecular weight excluding hydrogens is 311 g/mol. The highest BCUT2D eigenvalue weighted by Crippen LogP contribution is 2.22. The highest BCUT2D eigenvalue weighted by Gasteiger charge is 2.06. The van der Waals surface area contributed by atoms with Crippen molar-refractivity contribution in [3.8, 4) is 5.75 Å². The summed E-state index contributed by atoms with van der Waals surface area (Å²) in [5, 5.41) is 1.23. The van der Waals surface area contributed by atoms with Gasteiger partial charge >= 0.3 is 5.97 Å². The van der Waals surface area contributed by atoms with Gasteiger partial charge in [0.15, 0.2) is 0 Å². The number of hydrogen-bond acceptors (Lipinski definition) is 3. The number of hydrogen-bond donors (Lipinski definition) is 0. The van der Waals surface area contributed by atoms with Gasteiger partial charge in [0.2, 0.25) is 0 Å². The van der Waals surface area contributed by atoms with Gasteiger partial charge < -0.3 is 9.47 Å². The molecule has 0 spiro atoms. The van der Waals surface area contributed by atoms with Crippen molar-refractivity contribution in [2.75, 3.05) is 13.7 Å². The Morgan fingerprint density at radius 1 is 1.14 bits per heavy atom. The van der Waals surface area contributed by atoms with Crippen LogP contribution in [-0.4, -0.2) is 19.7 Å². The van der Waals surface area contributed by atoms with Crippen molar-refractivity contribution >= 4 is 29.2 Å². The van der Waals surface area contributed by atoms with Gasteiger partial charge in [-0.25, -0.2) is 4.79 Å². The van der Waals surface area contributed by atoms with E-state index in [0.29, 0.717) is 34.4 Å². The van der Waals surface area contributed by atoms with E-state index in [-0.39, 0.29) is 5.97 Å². The standard InChI is InChI=1S/C16H14Cl2O3/c1-20-16(19)12-3-2-4-14(9-12)21-8-7-11-5-6-13(17)10-15(11)18/h2-6,9-10H,7-8H2,1H3. The second kappa shape index (κ2) is 7.34. The molecule has 0 atom stereocenters. The molecule has 0 aliphatic rings. The summed E-state index contributed by atoms with van der Waals surface area (Å²) < 4.78 is 10.3. The molecule has 110 valence electrons. The lowest BCUT2D eigenvalue weighted by molar-refractivity contribution is 0.0600. The van der Waals surface area contributed by atoms with Gasteiger partial charge in [-0.2, -0.15) is 0 Å². The minimum absolute atomic E-state index is 0.388. The average Bonchev–Trinajstić information content (AvgIpc) is 2.49. The smallest absolute Gasteiger partial charge is 0.337 e. The van der Waals surface area contributed by atoms with Gasteiger partial charge in [0, 0.05) is 16.5 Å². The summed E-state index contributed by atoms with van der Waals surface area (Å²) in [6, 6.07) is 12.2. The van der Waals surface area contributed by atoms with E-state index in [1.54, 1.807) is 36.4 Å². The lowest BCUT2D eigenvalue weighted by atomic mass is 10.1. The van der Waals surface area contributed by atoms with Gasteiger partial charge in [0.05, 0.1) is 19.3 Å². The Morgan fingerprint density at radius 2 is 1.95 bits per heavy atom. The van der Waals surface area contributed by atoms with Gasteiger partial charge in [-0.3, -0.25) is 0 Å². The van der Waals surface area contributed by atoms with Gasteiger partial charge in [0.25, 0.3) is 0 Å². The van der Waals surface area contributed by atoms with E-state index in [2.05, 4.69) is 4.74 Å². The molecule has 3 nitrogen and oxygen atoms in total. The second-order valence-corrected chi connectivity index (χ2v) is 5.20. The first-order valence-electron chi connectivity index (χ1n) is 6.35. The fourth-order valence-electron chi connectivity index (χ4n) is 1.83. The molecule has 2 aromatic carbocycles. The van der Waals surface area contributed by atoms with E-state index in [1.807, 2.05) is 6.07 Å². The summed E-state index contributed by atoms with van der Waals surface area (Å²) in [5.41, 5.74) is 1.42. The zero-order chi connectivity index (χ0) is 15.2. The maximum atomic E-state index is 11.4. The third kappa shape index (κ3) is 4.38. The molecule has 0 saturated heterocycles. The van der Waals surface area contributed by atoms with Crippen LogP contribution in [-0.2, 0) is 11.2 Å². The number of methoxy groups -OCH3 is 1. The Balaban J connectivity index is 1.95. The molecule has 0 saturated carbocycles. The summed E-state index contributed by atoms with van der Waals surface area (Å²) >= 11 is 11.9. The topological polar surface area (TPSA) is 35.5 Å². The number of carbonyl (C=O) groups is 1. The van der Waals surface area contributed by atoms with Gasteiger partial charge in [-0.1, -0.05) is 35.3 Å². The minimum Gasteiger partial charge on any atom is -0.493 e. The summed E-state index contributed by atoms with van der Waals surface area (Å²) in [7, 11) is 1.35. The molecule has 0 radical (unpaired) electrons. The highest BCUT2D eigenvalue weighted by atomic mass is 35.5. The van der Waals surface area contributed by atoms with Crippen molar-refractivity contribution < 1.29 is 14.3 Å². The first kappa shape index (κ1) is 15.7. The van der Waals surface area contributed by atoms with Crippen LogP contribution in [0.25, 0.3) is 0 Å². The molecule has 0 amide bonds. The molecule has 2 aromatic rings. The quantitative estimate of drug-likeness (QED) is 0.764. The number of rotatable bonds is 5. The van der Waals surface area contributed by atoms with E-state index in [0.717, 1.165) is 5.56 Å². The first-order chi connectivity index (χ1) is 10.1. The van der Waals surface area contributed by atoms with Gasteiger partial charge in [-0.15, -0.1) is 0 Å². The molecular formula is C16H14Cl2O3. The molecule has 21 heavy (non-hydrogen) atoms. The average molecular weight is 325 g/mol. The maximum absolute atomic E-state index is 11.4. The van der Waals surface area contributed by atoms with E-state index < -0.39 is 0 Å². The number of benzene rings is 2. The number of halogens is 2. The fourth-order valence-corrected chi connectivity index (χ4v) is 2.34. The maximum Gasteiger partial charge on any atom is 0.337 e. The Kier molecular flexibility index (Phi) is 5.48. The monoisotopic (exact) mass is 324 g/mol. The van der Waals surface area contributed by atoms with Gasteiger partial charge in [0.1, 0.15) is 5.75 Å². The zero-order valence-corrected chi connectivity index (χ0v) is 12.9. The van der Waals surface area contributed by atoms with Crippen LogP contribution >= 0.6 is 23.2 Å². The predicted molar refractivity (Wildman–Crippen MR) is 83.4 cm³/mol. The third-order valence-corrected chi connectivity index (χ3v) is 3.50.